The molecule has 0 spiro atoms. The summed E-state index contributed by atoms with van der Waals surface area (Å²) in [5, 5.41) is 9.42. The standard InChI is InChI=1S/C20H20N4O3S/c1-12(20(26)27-3)28-17-10-5-4-9-16(17)19(25)22-15-8-6-7-14(11-15)18-21-13(2)23-24-18/h4-12H,1-3H3,(H,22,25)(H,21,23,24). The van der Waals surface area contributed by atoms with E-state index in [4.69, 9.17) is 4.74 Å². The van der Waals surface area contributed by atoms with Crippen molar-refractivity contribution in [1.82, 2.24) is 15.2 Å². The molecule has 2 N–H and O–H groups in total. The summed E-state index contributed by atoms with van der Waals surface area (Å²) >= 11 is 1.29. The van der Waals surface area contributed by atoms with Gasteiger partial charge in [-0.1, -0.05) is 24.3 Å². The number of aromatic amines is 1. The number of nitrogens with zero attached hydrogens (tertiary/aromatic N) is 2. The zero-order valence-electron chi connectivity index (χ0n) is 15.7. The van der Waals surface area contributed by atoms with Gasteiger partial charge in [0.05, 0.1) is 12.7 Å². The third-order valence-corrected chi connectivity index (χ3v) is 5.10. The van der Waals surface area contributed by atoms with E-state index >= 15 is 0 Å². The molecule has 1 unspecified atom stereocenters. The number of aromatic nitrogens is 3. The number of amides is 1. The summed E-state index contributed by atoms with van der Waals surface area (Å²) in [4.78, 5) is 29.5. The van der Waals surface area contributed by atoms with Crippen LogP contribution in [-0.2, 0) is 9.53 Å². The maximum atomic E-state index is 12.8. The van der Waals surface area contributed by atoms with Gasteiger partial charge in [-0.3, -0.25) is 14.7 Å². The van der Waals surface area contributed by atoms with Gasteiger partial charge in [0.2, 0.25) is 0 Å². The number of aryl methyl sites for hydroxylation is 1. The molecular weight excluding hydrogens is 376 g/mol. The Hall–Kier alpha value is -3.13. The molecule has 0 aliphatic heterocycles. The molecule has 3 rings (SSSR count). The zero-order chi connectivity index (χ0) is 20.1. The lowest BCUT2D eigenvalue weighted by molar-refractivity contribution is -0.139. The number of methoxy groups -OCH3 is 1. The van der Waals surface area contributed by atoms with E-state index < -0.39 is 5.25 Å². The second-order valence-electron chi connectivity index (χ2n) is 6.06. The van der Waals surface area contributed by atoms with E-state index in [1.807, 2.05) is 37.3 Å². The molecule has 3 aromatic rings. The minimum atomic E-state index is -0.420. The van der Waals surface area contributed by atoms with Gasteiger partial charge in [-0.05, 0) is 38.1 Å². The minimum Gasteiger partial charge on any atom is -0.468 e. The first-order valence-corrected chi connectivity index (χ1v) is 9.50. The van der Waals surface area contributed by atoms with Crippen LogP contribution in [0.25, 0.3) is 11.4 Å². The number of anilines is 1. The average molecular weight is 396 g/mol. The summed E-state index contributed by atoms with van der Waals surface area (Å²) in [7, 11) is 1.35. The highest BCUT2D eigenvalue weighted by Crippen LogP contribution is 2.28. The van der Waals surface area contributed by atoms with Crippen molar-refractivity contribution in [3.05, 3.63) is 59.9 Å². The SMILES string of the molecule is COC(=O)C(C)Sc1ccccc1C(=O)Nc1cccc(-c2n[nH]c(C)n2)c1. The smallest absolute Gasteiger partial charge is 0.318 e. The maximum Gasteiger partial charge on any atom is 0.318 e. The predicted molar refractivity (Wildman–Crippen MR) is 108 cm³/mol. The highest BCUT2D eigenvalue weighted by atomic mass is 32.2. The Kier molecular flexibility index (Phi) is 6.10. The van der Waals surface area contributed by atoms with Crippen LogP contribution in [0, 0.1) is 6.92 Å². The monoisotopic (exact) mass is 396 g/mol. The van der Waals surface area contributed by atoms with Crippen LogP contribution in [0.5, 0.6) is 0 Å². The molecule has 7 nitrogen and oxygen atoms in total. The first-order valence-electron chi connectivity index (χ1n) is 8.62. The lowest BCUT2D eigenvalue weighted by Crippen LogP contribution is -2.17. The molecule has 144 valence electrons. The molecule has 1 aromatic heterocycles. The second-order valence-corrected chi connectivity index (χ2v) is 7.44. The number of carbonyl (C=O) groups is 2. The van der Waals surface area contributed by atoms with Gasteiger partial charge in [-0.2, -0.15) is 5.10 Å². The van der Waals surface area contributed by atoms with Crippen molar-refractivity contribution in [3.63, 3.8) is 0 Å². The molecule has 1 amide bonds. The Balaban J connectivity index is 1.79. The zero-order valence-corrected chi connectivity index (χ0v) is 16.5. The fourth-order valence-electron chi connectivity index (χ4n) is 2.57. The molecule has 2 aromatic carbocycles. The molecule has 0 radical (unpaired) electrons. The van der Waals surface area contributed by atoms with Gasteiger partial charge in [0.15, 0.2) is 5.82 Å². The van der Waals surface area contributed by atoms with Crippen molar-refractivity contribution in [1.29, 1.82) is 0 Å². The number of hydrogen-bond acceptors (Lipinski definition) is 6. The second kappa shape index (κ2) is 8.71. The summed E-state index contributed by atoms with van der Waals surface area (Å²) < 4.78 is 4.76. The number of hydrogen-bond donors (Lipinski definition) is 2. The first-order chi connectivity index (χ1) is 13.5. The Morgan fingerprint density at radius 1 is 1.18 bits per heavy atom. The third-order valence-electron chi connectivity index (χ3n) is 3.94. The Labute approximate surface area is 166 Å². The maximum absolute atomic E-state index is 12.8. The molecular formula is C20H20N4O3S. The Morgan fingerprint density at radius 2 is 1.96 bits per heavy atom. The fraction of sp³-hybridized carbons (Fsp3) is 0.200. The number of rotatable bonds is 6. The lowest BCUT2D eigenvalue weighted by Gasteiger charge is -2.13. The summed E-state index contributed by atoms with van der Waals surface area (Å²) in [6, 6.07) is 14.5. The molecule has 0 saturated carbocycles. The van der Waals surface area contributed by atoms with Crippen molar-refractivity contribution in [2.45, 2.75) is 24.0 Å². The van der Waals surface area contributed by atoms with E-state index in [-0.39, 0.29) is 11.9 Å². The van der Waals surface area contributed by atoms with Gasteiger partial charge in [0.1, 0.15) is 11.1 Å². The highest BCUT2D eigenvalue weighted by Gasteiger charge is 2.19. The van der Waals surface area contributed by atoms with Crippen LogP contribution < -0.4 is 5.32 Å². The van der Waals surface area contributed by atoms with Crippen LogP contribution in [0.4, 0.5) is 5.69 Å². The van der Waals surface area contributed by atoms with E-state index in [2.05, 4.69) is 20.5 Å². The normalized spacial score (nSPS) is 11.7. The molecule has 1 atom stereocenters. The minimum absolute atomic E-state index is 0.261. The van der Waals surface area contributed by atoms with Crippen molar-refractivity contribution in [2.75, 3.05) is 12.4 Å². The van der Waals surface area contributed by atoms with E-state index in [9.17, 15) is 9.59 Å². The average Bonchev–Trinajstić information content (AvgIpc) is 3.14. The van der Waals surface area contributed by atoms with Gasteiger partial charge in [0.25, 0.3) is 5.91 Å². The van der Waals surface area contributed by atoms with Crippen molar-refractivity contribution >= 4 is 29.3 Å². The van der Waals surface area contributed by atoms with E-state index in [1.165, 1.54) is 18.9 Å². The van der Waals surface area contributed by atoms with Crippen LogP contribution in [-0.4, -0.2) is 39.4 Å². The molecule has 0 saturated heterocycles. The van der Waals surface area contributed by atoms with Gasteiger partial charge in [0, 0.05) is 16.1 Å². The number of H-pyrrole nitrogens is 1. The van der Waals surface area contributed by atoms with Crippen LogP contribution in [0.15, 0.2) is 53.4 Å². The highest BCUT2D eigenvalue weighted by molar-refractivity contribution is 8.00. The number of nitrogens with one attached hydrogen (secondary N) is 2. The first kappa shape index (κ1) is 19.6. The summed E-state index contributed by atoms with van der Waals surface area (Å²) in [6.07, 6.45) is 0. The quantitative estimate of drug-likeness (QED) is 0.487. The van der Waals surface area contributed by atoms with Crippen molar-refractivity contribution in [3.8, 4) is 11.4 Å². The van der Waals surface area contributed by atoms with Crippen LogP contribution in [0.3, 0.4) is 0 Å². The largest absolute Gasteiger partial charge is 0.468 e. The molecule has 0 aliphatic carbocycles. The molecule has 0 fully saturated rings. The molecule has 0 bridgehead atoms. The number of esters is 1. The molecule has 8 heteroatoms. The van der Waals surface area contributed by atoms with E-state index in [0.717, 1.165) is 11.4 Å². The summed E-state index contributed by atoms with van der Waals surface area (Å²) in [5.74, 6) is 0.685. The van der Waals surface area contributed by atoms with Gasteiger partial charge in [-0.25, -0.2) is 4.98 Å². The fourth-order valence-corrected chi connectivity index (χ4v) is 3.59. The number of carbonyl (C=O) groups excluding carboxylic acids is 2. The number of thioether (sulfide) groups is 1. The summed E-state index contributed by atoms with van der Waals surface area (Å²) in [5.41, 5.74) is 1.91. The van der Waals surface area contributed by atoms with Crippen molar-refractivity contribution in [2.24, 2.45) is 0 Å². The van der Waals surface area contributed by atoms with Crippen LogP contribution in [0.1, 0.15) is 23.1 Å². The third kappa shape index (κ3) is 4.58. The van der Waals surface area contributed by atoms with E-state index in [1.54, 1.807) is 25.1 Å². The number of benzene rings is 2. The van der Waals surface area contributed by atoms with Gasteiger partial charge < -0.3 is 10.1 Å². The molecule has 1 heterocycles. The Morgan fingerprint density at radius 3 is 2.68 bits per heavy atom. The van der Waals surface area contributed by atoms with Crippen molar-refractivity contribution < 1.29 is 14.3 Å². The molecule has 0 aliphatic rings. The van der Waals surface area contributed by atoms with Gasteiger partial charge in [-0.15, -0.1) is 11.8 Å². The van der Waals surface area contributed by atoms with Crippen LogP contribution >= 0.6 is 11.8 Å². The topological polar surface area (TPSA) is 97.0 Å². The predicted octanol–water partition coefficient (Wildman–Crippen LogP) is 3.69. The Bertz CT molecular complexity index is 1000. The van der Waals surface area contributed by atoms with Gasteiger partial charge >= 0.3 is 5.97 Å². The summed E-state index contributed by atoms with van der Waals surface area (Å²) in [6.45, 7) is 3.57. The lowest BCUT2D eigenvalue weighted by atomic mass is 10.1. The van der Waals surface area contributed by atoms with Crippen LogP contribution in [0.2, 0.25) is 0 Å². The van der Waals surface area contributed by atoms with E-state index in [0.29, 0.717) is 22.0 Å². The number of ether oxygens (including phenoxy) is 1. The molecule has 28 heavy (non-hydrogen) atoms.